The zero-order valence-corrected chi connectivity index (χ0v) is 11.3. The molecule has 0 bridgehead atoms. The van der Waals surface area contributed by atoms with Gasteiger partial charge in [0.05, 0.1) is 5.56 Å². The van der Waals surface area contributed by atoms with E-state index in [4.69, 9.17) is 0 Å². The van der Waals surface area contributed by atoms with Crippen molar-refractivity contribution in [2.24, 2.45) is 0 Å². The van der Waals surface area contributed by atoms with E-state index >= 15 is 0 Å². The highest BCUT2D eigenvalue weighted by Crippen LogP contribution is 2.21. The molecule has 0 spiro atoms. The molecule has 20 heavy (non-hydrogen) atoms. The molecule has 0 saturated carbocycles. The van der Waals surface area contributed by atoms with Crippen molar-refractivity contribution < 1.29 is 0 Å². The lowest BCUT2D eigenvalue weighted by molar-refractivity contribution is 0.661. The van der Waals surface area contributed by atoms with Gasteiger partial charge in [0.15, 0.2) is 0 Å². The Hall–Kier alpha value is -2.53. The van der Waals surface area contributed by atoms with Crippen LogP contribution in [0.3, 0.4) is 0 Å². The van der Waals surface area contributed by atoms with Gasteiger partial charge in [-0.1, -0.05) is 48.5 Å². The fraction of sp³-hybridized carbons (Fsp3) is 0.167. The first-order valence-electron chi connectivity index (χ1n) is 6.90. The third-order valence-corrected chi connectivity index (χ3v) is 3.62. The Morgan fingerprint density at radius 2 is 1.70 bits per heavy atom. The van der Waals surface area contributed by atoms with Crippen LogP contribution in [-0.4, -0.2) is 4.57 Å². The lowest BCUT2D eigenvalue weighted by Gasteiger charge is -2.05. The molecule has 0 unspecified atom stereocenters. The standard InChI is InChI=1S/C18H16N2/c19-13-16-14-20(18-11-5-4-10-17(16)18)12-6-9-15-7-2-1-3-8-15/h1-5,7-8,10-11,14H,6,9,12H2. The number of hydrogen-bond donors (Lipinski definition) is 0. The summed E-state index contributed by atoms with van der Waals surface area (Å²) in [4.78, 5) is 0. The van der Waals surface area contributed by atoms with Crippen molar-refractivity contribution in [3.63, 3.8) is 0 Å². The first kappa shape index (κ1) is 12.5. The molecule has 98 valence electrons. The Kier molecular flexibility index (Phi) is 3.52. The number of nitrogens with zero attached hydrogens (tertiary/aromatic N) is 2. The molecule has 3 aromatic rings. The smallest absolute Gasteiger partial charge is 0.101 e. The summed E-state index contributed by atoms with van der Waals surface area (Å²) in [5, 5.41) is 10.2. The first-order chi connectivity index (χ1) is 9.88. The fourth-order valence-electron chi connectivity index (χ4n) is 2.62. The van der Waals surface area contributed by atoms with E-state index in [0.29, 0.717) is 0 Å². The SMILES string of the molecule is N#Cc1cn(CCCc2ccccc2)c2ccccc12. The van der Waals surface area contributed by atoms with Crippen LogP contribution in [0.5, 0.6) is 0 Å². The summed E-state index contributed by atoms with van der Waals surface area (Å²) < 4.78 is 2.19. The van der Waals surface area contributed by atoms with Gasteiger partial charge in [-0.3, -0.25) is 0 Å². The van der Waals surface area contributed by atoms with Gasteiger partial charge in [-0.25, -0.2) is 0 Å². The molecule has 0 atom stereocenters. The number of aryl methyl sites for hydroxylation is 2. The molecule has 1 aromatic heterocycles. The van der Waals surface area contributed by atoms with Crippen LogP contribution in [0.4, 0.5) is 0 Å². The second kappa shape index (κ2) is 5.63. The molecule has 2 heteroatoms. The quantitative estimate of drug-likeness (QED) is 0.693. The van der Waals surface area contributed by atoms with Crippen LogP contribution in [0.15, 0.2) is 60.8 Å². The molecule has 0 amide bonds. The molecule has 0 aliphatic heterocycles. The monoisotopic (exact) mass is 260 g/mol. The Morgan fingerprint density at radius 1 is 0.950 bits per heavy atom. The molecule has 0 N–H and O–H groups in total. The topological polar surface area (TPSA) is 28.7 Å². The number of nitriles is 1. The van der Waals surface area contributed by atoms with E-state index < -0.39 is 0 Å². The van der Waals surface area contributed by atoms with Crippen LogP contribution in [0.2, 0.25) is 0 Å². The minimum Gasteiger partial charge on any atom is -0.346 e. The van der Waals surface area contributed by atoms with Gasteiger partial charge in [0.25, 0.3) is 0 Å². The number of para-hydroxylation sites is 1. The minimum absolute atomic E-state index is 0.764. The van der Waals surface area contributed by atoms with Crippen LogP contribution in [0.25, 0.3) is 10.9 Å². The number of aromatic nitrogens is 1. The summed E-state index contributed by atoms with van der Waals surface area (Å²) in [5.41, 5.74) is 3.28. The predicted molar refractivity (Wildman–Crippen MR) is 81.4 cm³/mol. The van der Waals surface area contributed by atoms with Gasteiger partial charge in [-0.05, 0) is 24.5 Å². The number of fused-ring (bicyclic) bond motifs is 1. The van der Waals surface area contributed by atoms with Crippen LogP contribution in [0, 0.1) is 11.3 Å². The largest absolute Gasteiger partial charge is 0.346 e. The molecule has 1 heterocycles. The van der Waals surface area contributed by atoms with Crippen molar-refractivity contribution >= 4 is 10.9 Å². The Bertz CT molecular complexity index is 748. The highest BCUT2D eigenvalue weighted by molar-refractivity contribution is 5.86. The molecule has 0 fully saturated rings. The van der Waals surface area contributed by atoms with Crippen molar-refractivity contribution in [3.05, 3.63) is 71.9 Å². The fourth-order valence-corrected chi connectivity index (χ4v) is 2.62. The second-order valence-electron chi connectivity index (χ2n) is 4.95. The molecular formula is C18H16N2. The zero-order chi connectivity index (χ0) is 13.8. The maximum absolute atomic E-state index is 9.19. The van der Waals surface area contributed by atoms with E-state index in [0.717, 1.165) is 35.9 Å². The first-order valence-corrected chi connectivity index (χ1v) is 6.90. The van der Waals surface area contributed by atoms with Gasteiger partial charge in [0, 0.05) is 23.6 Å². The van der Waals surface area contributed by atoms with Gasteiger partial charge in [-0.2, -0.15) is 5.26 Å². The maximum Gasteiger partial charge on any atom is 0.101 e. The van der Waals surface area contributed by atoms with Crippen molar-refractivity contribution in [1.82, 2.24) is 4.57 Å². The van der Waals surface area contributed by atoms with Gasteiger partial charge < -0.3 is 4.57 Å². The van der Waals surface area contributed by atoms with E-state index in [1.807, 2.05) is 30.5 Å². The maximum atomic E-state index is 9.19. The van der Waals surface area contributed by atoms with E-state index in [-0.39, 0.29) is 0 Å². The Balaban J connectivity index is 1.77. The Morgan fingerprint density at radius 3 is 2.50 bits per heavy atom. The van der Waals surface area contributed by atoms with Crippen molar-refractivity contribution in [3.8, 4) is 6.07 Å². The zero-order valence-electron chi connectivity index (χ0n) is 11.3. The number of rotatable bonds is 4. The average Bonchev–Trinajstić information content (AvgIpc) is 2.87. The van der Waals surface area contributed by atoms with E-state index in [9.17, 15) is 5.26 Å². The van der Waals surface area contributed by atoms with Crippen LogP contribution >= 0.6 is 0 Å². The Labute approximate surface area is 118 Å². The van der Waals surface area contributed by atoms with Crippen molar-refractivity contribution in [2.75, 3.05) is 0 Å². The van der Waals surface area contributed by atoms with Crippen molar-refractivity contribution in [1.29, 1.82) is 5.26 Å². The highest BCUT2D eigenvalue weighted by atomic mass is 15.0. The third kappa shape index (κ3) is 2.44. The molecule has 0 aliphatic rings. The molecule has 0 saturated heterocycles. The molecule has 3 rings (SSSR count). The van der Waals surface area contributed by atoms with E-state index in [1.165, 1.54) is 5.56 Å². The molecular weight excluding hydrogens is 244 g/mol. The predicted octanol–water partition coefficient (Wildman–Crippen LogP) is 4.15. The van der Waals surface area contributed by atoms with Crippen molar-refractivity contribution in [2.45, 2.75) is 19.4 Å². The normalized spacial score (nSPS) is 10.6. The molecule has 2 nitrogen and oxygen atoms in total. The summed E-state index contributed by atoms with van der Waals surface area (Å²) in [6.07, 6.45) is 4.11. The third-order valence-electron chi connectivity index (χ3n) is 3.62. The number of hydrogen-bond acceptors (Lipinski definition) is 1. The van der Waals surface area contributed by atoms with Crippen LogP contribution in [-0.2, 0) is 13.0 Å². The second-order valence-corrected chi connectivity index (χ2v) is 4.95. The van der Waals surface area contributed by atoms with Gasteiger partial charge >= 0.3 is 0 Å². The molecule has 0 radical (unpaired) electrons. The average molecular weight is 260 g/mol. The molecule has 0 aliphatic carbocycles. The van der Waals surface area contributed by atoms with E-state index in [2.05, 4.69) is 41.0 Å². The van der Waals surface area contributed by atoms with E-state index in [1.54, 1.807) is 0 Å². The lowest BCUT2D eigenvalue weighted by Crippen LogP contribution is -1.97. The number of benzene rings is 2. The summed E-state index contributed by atoms with van der Waals surface area (Å²) in [5.74, 6) is 0. The van der Waals surface area contributed by atoms with Gasteiger partial charge in [-0.15, -0.1) is 0 Å². The summed E-state index contributed by atoms with van der Waals surface area (Å²) in [6.45, 7) is 0.942. The lowest BCUT2D eigenvalue weighted by atomic mass is 10.1. The highest BCUT2D eigenvalue weighted by Gasteiger charge is 2.06. The minimum atomic E-state index is 0.764. The summed E-state index contributed by atoms with van der Waals surface area (Å²) in [7, 11) is 0. The van der Waals surface area contributed by atoms with Crippen LogP contribution < -0.4 is 0 Å². The van der Waals surface area contributed by atoms with Gasteiger partial charge in [0.1, 0.15) is 6.07 Å². The van der Waals surface area contributed by atoms with Crippen LogP contribution in [0.1, 0.15) is 17.5 Å². The summed E-state index contributed by atoms with van der Waals surface area (Å²) in [6, 6.07) is 20.9. The summed E-state index contributed by atoms with van der Waals surface area (Å²) >= 11 is 0. The molecule has 2 aromatic carbocycles. The van der Waals surface area contributed by atoms with Gasteiger partial charge in [0.2, 0.25) is 0 Å².